The lowest BCUT2D eigenvalue weighted by Crippen LogP contribution is -2.08. The molecule has 7 heteroatoms. The summed E-state index contributed by atoms with van der Waals surface area (Å²) in [5, 5.41) is 15.9. The minimum absolute atomic E-state index is 0.0234. The lowest BCUT2D eigenvalue weighted by molar-refractivity contribution is 0.135. The summed E-state index contributed by atoms with van der Waals surface area (Å²) in [6.45, 7) is -0.632. The summed E-state index contributed by atoms with van der Waals surface area (Å²) in [7, 11) is 0. The molecule has 0 saturated heterocycles. The molecule has 2 rings (SSSR count). The topological polar surface area (TPSA) is 50.9 Å². The smallest absolute Gasteiger partial charge is 0.282 e. The predicted molar refractivity (Wildman–Crippen MR) is 56.4 cm³/mol. The molecule has 0 saturated carbocycles. The van der Waals surface area contributed by atoms with E-state index in [-0.39, 0.29) is 12.2 Å². The Balaban J connectivity index is 2.32. The highest BCUT2D eigenvalue weighted by atomic mass is 19.3. The molecule has 0 amide bonds. The Morgan fingerprint density at radius 3 is 2.72 bits per heavy atom. The lowest BCUT2D eigenvalue weighted by atomic mass is 10.2. The van der Waals surface area contributed by atoms with E-state index in [9.17, 15) is 13.2 Å². The number of aromatic nitrogens is 3. The average molecular weight is 257 g/mol. The minimum Gasteiger partial charge on any atom is -0.390 e. The quantitative estimate of drug-likeness (QED) is 0.910. The van der Waals surface area contributed by atoms with Crippen LogP contribution in [-0.4, -0.2) is 20.1 Å². The van der Waals surface area contributed by atoms with E-state index < -0.39 is 24.5 Å². The van der Waals surface area contributed by atoms with Crippen molar-refractivity contribution in [2.24, 2.45) is 0 Å². The van der Waals surface area contributed by atoms with Gasteiger partial charge in [-0.05, 0) is 17.7 Å². The molecular weight excluding hydrogens is 247 g/mol. The molecule has 0 unspecified atom stereocenters. The van der Waals surface area contributed by atoms with Crippen LogP contribution in [0.3, 0.4) is 0 Å². The molecule has 1 N–H and O–H groups in total. The molecule has 0 aliphatic rings. The third kappa shape index (κ3) is 2.51. The van der Waals surface area contributed by atoms with Crippen LogP contribution in [0.2, 0.25) is 0 Å². The van der Waals surface area contributed by atoms with Crippen LogP contribution in [0.15, 0.2) is 24.3 Å². The van der Waals surface area contributed by atoms with E-state index in [1.54, 1.807) is 6.07 Å². The zero-order chi connectivity index (χ0) is 13.1. The third-order valence-corrected chi connectivity index (χ3v) is 2.42. The second-order valence-electron chi connectivity index (χ2n) is 3.67. The largest absolute Gasteiger partial charge is 0.390 e. The first-order chi connectivity index (χ1) is 8.61. The van der Waals surface area contributed by atoms with Gasteiger partial charge >= 0.3 is 0 Å². The molecule has 1 heterocycles. The van der Waals surface area contributed by atoms with Crippen molar-refractivity contribution in [2.75, 3.05) is 0 Å². The molecule has 0 atom stereocenters. The van der Waals surface area contributed by atoms with E-state index in [4.69, 9.17) is 5.11 Å². The molecule has 2 aromatic rings. The highest BCUT2D eigenvalue weighted by Gasteiger charge is 2.21. The maximum Gasteiger partial charge on any atom is 0.282 e. The fraction of sp³-hybridized carbons (Fsp3) is 0.273. The van der Waals surface area contributed by atoms with Crippen molar-refractivity contribution >= 4 is 0 Å². The number of nitrogens with zero attached hydrogens (tertiary/aromatic N) is 3. The summed E-state index contributed by atoms with van der Waals surface area (Å²) in [5.41, 5.74) is -0.116. The summed E-state index contributed by atoms with van der Waals surface area (Å²) in [6.07, 6.45) is -2.80. The molecule has 0 aliphatic heterocycles. The van der Waals surface area contributed by atoms with Crippen molar-refractivity contribution in [2.45, 2.75) is 19.6 Å². The standard InChI is InChI=1S/C11H10F3N3O/c12-8-3-1-2-7(4-8)5-17-10(11(13)14)9(6-18)15-16-17/h1-4,11,18H,5-6H2. The second-order valence-corrected chi connectivity index (χ2v) is 3.67. The van der Waals surface area contributed by atoms with E-state index in [1.165, 1.54) is 18.2 Å². The zero-order valence-electron chi connectivity index (χ0n) is 9.22. The van der Waals surface area contributed by atoms with Gasteiger partial charge in [-0.3, -0.25) is 0 Å². The van der Waals surface area contributed by atoms with Gasteiger partial charge in [0.1, 0.15) is 17.2 Å². The molecule has 1 aromatic heterocycles. The van der Waals surface area contributed by atoms with Crippen LogP contribution in [-0.2, 0) is 13.2 Å². The van der Waals surface area contributed by atoms with E-state index >= 15 is 0 Å². The Bertz CT molecular complexity index is 542. The first-order valence-electron chi connectivity index (χ1n) is 5.17. The summed E-state index contributed by atoms with van der Waals surface area (Å²) in [6, 6.07) is 5.57. The first-order valence-corrected chi connectivity index (χ1v) is 5.17. The number of hydrogen-bond acceptors (Lipinski definition) is 3. The van der Waals surface area contributed by atoms with Crippen LogP contribution in [0.4, 0.5) is 13.2 Å². The van der Waals surface area contributed by atoms with Crippen molar-refractivity contribution < 1.29 is 18.3 Å². The SMILES string of the molecule is OCc1nnn(Cc2cccc(F)c2)c1C(F)F. The highest BCUT2D eigenvalue weighted by Crippen LogP contribution is 2.22. The fourth-order valence-corrected chi connectivity index (χ4v) is 1.63. The molecule has 1 aromatic carbocycles. The number of alkyl halides is 2. The monoisotopic (exact) mass is 257 g/mol. The molecule has 18 heavy (non-hydrogen) atoms. The molecular formula is C11H10F3N3O. The van der Waals surface area contributed by atoms with Crippen molar-refractivity contribution in [3.8, 4) is 0 Å². The molecule has 0 fully saturated rings. The Hall–Kier alpha value is -1.89. The Morgan fingerprint density at radius 1 is 1.33 bits per heavy atom. The van der Waals surface area contributed by atoms with Crippen LogP contribution in [0.5, 0.6) is 0 Å². The minimum atomic E-state index is -2.80. The number of rotatable bonds is 4. The van der Waals surface area contributed by atoms with Crippen molar-refractivity contribution in [3.05, 3.63) is 47.0 Å². The zero-order valence-corrected chi connectivity index (χ0v) is 9.22. The molecule has 0 spiro atoms. The van der Waals surface area contributed by atoms with E-state index in [2.05, 4.69) is 10.3 Å². The number of benzene rings is 1. The number of halogens is 3. The normalized spacial score (nSPS) is 11.2. The lowest BCUT2D eigenvalue weighted by Gasteiger charge is -2.06. The molecule has 0 aliphatic carbocycles. The maximum atomic E-state index is 13.0. The van der Waals surface area contributed by atoms with Crippen molar-refractivity contribution in [1.29, 1.82) is 0 Å². The van der Waals surface area contributed by atoms with Gasteiger partial charge in [0.25, 0.3) is 6.43 Å². The van der Waals surface area contributed by atoms with Gasteiger partial charge in [0, 0.05) is 0 Å². The van der Waals surface area contributed by atoms with Crippen molar-refractivity contribution in [1.82, 2.24) is 15.0 Å². The highest BCUT2D eigenvalue weighted by molar-refractivity contribution is 5.18. The first kappa shape index (κ1) is 12.6. The molecule has 4 nitrogen and oxygen atoms in total. The maximum absolute atomic E-state index is 13.0. The van der Waals surface area contributed by atoms with Gasteiger partial charge in [0.05, 0.1) is 13.2 Å². The van der Waals surface area contributed by atoms with Gasteiger partial charge in [-0.25, -0.2) is 17.9 Å². The molecule has 0 bridgehead atoms. The third-order valence-electron chi connectivity index (χ3n) is 2.42. The second kappa shape index (κ2) is 5.18. The Labute approximate surface area is 101 Å². The van der Waals surface area contributed by atoms with E-state index in [0.29, 0.717) is 5.56 Å². The summed E-state index contributed by atoms with van der Waals surface area (Å²) < 4.78 is 39.5. The van der Waals surface area contributed by atoms with E-state index in [0.717, 1.165) is 4.68 Å². The predicted octanol–water partition coefficient (Wildman–Crippen LogP) is 1.90. The number of aliphatic hydroxyl groups is 1. The van der Waals surface area contributed by atoms with Crippen LogP contribution >= 0.6 is 0 Å². The van der Waals surface area contributed by atoms with Crippen molar-refractivity contribution in [3.63, 3.8) is 0 Å². The van der Waals surface area contributed by atoms with Gasteiger partial charge in [0.2, 0.25) is 0 Å². The van der Waals surface area contributed by atoms with Crippen LogP contribution in [0, 0.1) is 5.82 Å². The summed E-state index contributed by atoms with van der Waals surface area (Å²) >= 11 is 0. The molecule has 0 radical (unpaired) electrons. The Kier molecular flexibility index (Phi) is 3.61. The number of hydrogen-bond donors (Lipinski definition) is 1. The van der Waals surface area contributed by atoms with Gasteiger partial charge < -0.3 is 5.11 Å². The Morgan fingerprint density at radius 2 is 2.11 bits per heavy atom. The van der Waals surface area contributed by atoms with Crippen LogP contribution in [0.1, 0.15) is 23.4 Å². The van der Waals surface area contributed by atoms with Crippen LogP contribution in [0.25, 0.3) is 0 Å². The van der Waals surface area contributed by atoms with Gasteiger partial charge in [-0.1, -0.05) is 17.3 Å². The van der Waals surface area contributed by atoms with Gasteiger partial charge in [-0.15, -0.1) is 5.10 Å². The summed E-state index contributed by atoms with van der Waals surface area (Å²) in [5.74, 6) is -0.450. The average Bonchev–Trinajstić information content (AvgIpc) is 2.72. The molecule has 96 valence electrons. The van der Waals surface area contributed by atoms with Gasteiger partial charge in [0.15, 0.2) is 0 Å². The van der Waals surface area contributed by atoms with E-state index in [1.807, 2.05) is 0 Å². The fourth-order valence-electron chi connectivity index (χ4n) is 1.63. The number of aliphatic hydroxyl groups excluding tert-OH is 1. The summed E-state index contributed by atoms with van der Waals surface area (Å²) in [4.78, 5) is 0. The van der Waals surface area contributed by atoms with Crippen LogP contribution < -0.4 is 0 Å². The van der Waals surface area contributed by atoms with Gasteiger partial charge in [-0.2, -0.15) is 0 Å².